The Labute approximate surface area is 106 Å². The first-order chi connectivity index (χ1) is 8.13. The van der Waals surface area contributed by atoms with Gasteiger partial charge in [-0.1, -0.05) is 24.2 Å². The molecule has 0 aliphatic carbocycles. The smallest absolute Gasteiger partial charge is 0.305 e. The van der Waals surface area contributed by atoms with Gasteiger partial charge >= 0.3 is 5.97 Å². The van der Waals surface area contributed by atoms with Crippen molar-refractivity contribution in [3.8, 4) is 5.06 Å². The molecule has 0 aromatic carbocycles. The van der Waals surface area contributed by atoms with Crippen LogP contribution in [0.4, 0.5) is 0 Å². The van der Waals surface area contributed by atoms with E-state index in [1.54, 1.807) is 0 Å². The molecule has 0 unspecified atom stereocenters. The minimum atomic E-state index is -0.141. The molecule has 0 atom stereocenters. The van der Waals surface area contributed by atoms with Crippen molar-refractivity contribution in [2.45, 2.75) is 45.4 Å². The minimum Gasteiger partial charge on any atom is -0.498 e. The fraction of sp³-hybridized carbons (Fsp3) is 0.667. The number of aromatic hydroxyl groups is 1. The number of methoxy groups -OCH3 is 1. The lowest BCUT2D eigenvalue weighted by molar-refractivity contribution is -0.140. The number of rotatable bonds is 7. The fourth-order valence-electron chi connectivity index (χ4n) is 1.64. The zero-order valence-electron chi connectivity index (χ0n) is 10.4. The standard InChI is InChI=1S/C12H19NO3S/c1-9-13-10(12(15)17-9)7-5-3-4-6-8-11(14)16-2/h15H,3-8H2,1-2H3. The third-order valence-electron chi connectivity index (χ3n) is 2.56. The summed E-state index contributed by atoms with van der Waals surface area (Å²) in [6, 6.07) is 0. The lowest BCUT2D eigenvalue weighted by Gasteiger charge is -2.00. The first kappa shape index (κ1) is 14.0. The molecule has 0 saturated carbocycles. The van der Waals surface area contributed by atoms with E-state index < -0.39 is 0 Å². The van der Waals surface area contributed by atoms with Crippen LogP contribution in [-0.4, -0.2) is 23.2 Å². The van der Waals surface area contributed by atoms with Gasteiger partial charge in [0.2, 0.25) is 0 Å². The molecule has 1 aromatic heterocycles. The van der Waals surface area contributed by atoms with Gasteiger partial charge in [0.25, 0.3) is 0 Å². The van der Waals surface area contributed by atoms with Crippen LogP contribution in [0.5, 0.6) is 5.06 Å². The Morgan fingerprint density at radius 1 is 1.35 bits per heavy atom. The van der Waals surface area contributed by atoms with Gasteiger partial charge in [0, 0.05) is 6.42 Å². The van der Waals surface area contributed by atoms with Gasteiger partial charge in [-0.15, -0.1) is 0 Å². The predicted molar refractivity (Wildman–Crippen MR) is 67.3 cm³/mol. The van der Waals surface area contributed by atoms with Crippen LogP contribution in [0.3, 0.4) is 0 Å². The SMILES string of the molecule is COC(=O)CCCCCCc1nc(C)sc1O. The average Bonchev–Trinajstić information content (AvgIpc) is 2.62. The zero-order valence-corrected chi connectivity index (χ0v) is 11.2. The number of esters is 1. The minimum absolute atomic E-state index is 0.141. The number of ether oxygens (including phenoxy) is 1. The molecule has 1 heterocycles. The number of aromatic nitrogens is 1. The van der Waals surface area contributed by atoms with Gasteiger partial charge in [-0.2, -0.15) is 0 Å². The molecule has 96 valence electrons. The van der Waals surface area contributed by atoms with E-state index in [-0.39, 0.29) is 5.97 Å². The number of thiazole rings is 1. The Kier molecular flexibility index (Phi) is 5.97. The lowest BCUT2D eigenvalue weighted by atomic mass is 10.1. The number of unbranched alkanes of at least 4 members (excludes halogenated alkanes) is 3. The van der Waals surface area contributed by atoms with Crippen molar-refractivity contribution in [3.05, 3.63) is 10.7 Å². The van der Waals surface area contributed by atoms with Crippen molar-refractivity contribution >= 4 is 17.3 Å². The second-order valence-corrected chi connectivity index (χ2v) is 5.16. The van der Waals surface area contributed by atoms with Crippen LogP contribution in [0, 0.1) is 6.92 Å². The van der Waals surface area contributed by atoms with Crippen LogP contribution in [0.1, 0.15) is 42.8 Å². The quantitative estimate of drug-likeness (QED) is 0.602. The second kappa shape index (κ2) is 7.27. The summed E-state index contributed by atoms with van der Waals surface area (Å²) in [5.74, 6) is -0.141. The van der Waals surface area contributed by atoms with Gasteiger partial charge in [0.1, 0.15) is 0 Å². The number of aryl methyl sites for hydroxylation is 2. The van der Waals surface area contributed by atoms with Gasteiger partial charge in [-0.05, 0) is 26.2 Å². The molecule has 0 saturated heterocycles. The van der Waals surface area contributed by atoms with E-state index in [0.717, 1.165) is 42.8 Å². The summed E-state index contributed by atoms with van der Waals surface area (Å²) in [4.78, 5) is 15.1. The molecular formula is C12H19NO3S. The third-order valence-corrected chi connectivity index (χ3v) is 3.37. The molecule has 0 amide bonds. The Bertz CT molecular complexity index is 363. The molecule has 1 N–H and O–H groups in total. The van der Waals surface area contributed by atoms with E-state index >= 15 is 0 Å². The van der Waals surface area contributed by atoms with E-state index in [1.807, 2.05) is 6.92 Å². The van der Waals surface area contributed by atoms with Crippen molar-refractivity contribution in [2.24, 2.45) is 0 Å². The highest BCUT2D eigenvalue weighted by Gasteiger charge is 2.06. The molecule has 1 rings (SSSR count). The highest BCUT2D eigenvalue weighted by atomic mass is 32.1. The predicted octanol–water partition coefficient (Wildman–Crippen LogP) is 2.82. The number of hydrogen-bond acceptors (Lipinski definition) is 5. The van der Waals surface area contributed by atoms with Crippen molar-refractivity contribution in [2.75, 3.05) is 7.11 Å². The summed E-state index contributed by atoms with van der Waals surface area (Å²) in [5, 5.41) is 10.8. The molecule has 0 fully saturated rings. The van der Waals surface area contributed by atoms with Crippen LogP contribution in [0.25, 0.3) is 0 Å². The van der Waals surface area contributed by atoms with Crippen molar-refractivity contribution in [3.63, 3.8) is 0 Å². The Balaban J connectivity index is 2.08. The van der Waals surface area contributed by atoms with Crippen molar-refractivity contribution < 1.29 is 14.6 Å². The molecule has 0 aliphatic rings. The average molecular weight is 257 g/mol. The number of carbonyl (C=O) groups is 1. The first-order valence-electron chi connectivity index (χ1n) is 5.85. The lowest BCUT2D eigenvalue weighted by Crippen LogP contribution is -1.99. The number of carbonyl (C=O) groups excluding carboxylic acids is 1. The molecular weight excluding hydrogens is 238 g/mol. The van der Waals surface area contributed by atoms with E-state index in [9.17, 15) is 9.90 Å². The van der Waals surface area contributed by atoms with Crippen LogP contribution in [0.15, 0.2) is 0 Å². The monoisotopic (exact) mass is 257 g/mol. The molecule has 0 radical (unpaired) electrons. The highest BCUT2D eigenvalue weighted by molar-refractivity contribution is 7.13. The largest absolute Gasteiger partial charge is 0.498 e. The molecule has 5 heteroatoms. The molecule has 0 aliphatic heterocycles. The number of hydrogen-bond donors (Lipinski definition) is 1. The normalized spacial score (nSPS) is 10.5. The van der Waals surface area contributed by atoms with Crippen LogP contribution < -0.4 is 0 Å². The van der Waals surface area contributed by atoms with E-state index in [1.165, 1.54) is 18.4 Å². The van der Waals surface area contributed by atoms with Gasteiger partial charge in [-0.3, -0.25) is 4.79 Å². The molecule has 0 bridgehead atoms. The maximum Gasteiger partial charge on any atom is 0.305 e. The zero-order chi connectivity index (χ0) is 12.7. The molecule has 4 nitrogen and oxygen atoms in total. The van der Waals surface area contributed by atoms with Crippen LogP contribution in [-0.2, 0) is 16.0 Å². The Hall–Kier alpha value is -1.10. The summed E-state index contributed by atoms with van der Waals surface area (Å²) in [5.41, 5.74) is 0.806. The second-order valence-electron chi connectivity index (χ2n) is 3.98. The fourth-order valence-corrected chi connectivity index (χ4v) is 2.34. The van der Waals surface area contributed by atoms with E-state index in [4.69, 9.17) is 0 Å². The Morgan fingerprint density at radius 3 is 2.65 bits per heavy atom. The van der Waals surface area contributed by atoms with Gasteiger partial charge in [0.05, 0.1) is 17.8 Å². The molecule has 17 heavy (non-hydrogen) atoms. The number of nitrogens with zero attached hydrogens (tertiary/aromatic N) is 1. The molecule has 0 spiro atoms. The third kappa shape index (κ3) is 5.17. The summed E-state index contributed by atoms with van der Waals surface area (Å²) in [6.45, 7) is 1.89. The van der Waals surface area contributed by atoms with Crippen molar-refractivity contribution in [1.29, 1.82) is 0 Å². The summed E-state index contributed by atoms with van der Waals surface area (Å²) in [6.07, 6.45) is 5.24. The summed E-state index contributed by atoms with van der Waals surface area (Å²) < 4.78 is 4.56. The first-order valence-corrected chi connectivity index (χ1v) is 6.67. The van der Waals surface area contributed by atoms with E-state index in [2.05, 4.69) is 9.72 Å². The van der Waals surface area contributed by atoms with E-state index in [0.29, 0.717) is 11.5 Å². The van der Waals surface area contributed by atoms with Crippen molar-refractivity contribution in [1.82, 2.24) is 4.98 Å². The van der Waals surface area contributed by atoms with Crippen LogP contribution in [0.2, 0.25) is 0 Å². The molecule has 1 aromatic rings. The highest BCUT2D eigenvalue weighted by Crippen LogP contribution is 2.26. The Morgan fingerprint density at radius 2 is 2.06 bits per heavy atom. The topological polar surface area (TPSA) is 59.4 Å². The summed E-state index contributed by atoms with van der Waals surface area (Å²) in [7, 11) is 1.41. The van der Waals surface area contributed by atoms with Crippen LogP contribution >= 0.6 is 11.3 Å². The van der Waals surface area contributed by atoms with Gasteiger partial charge < -0.3 is 9.84 Å². The van der Waals surface area contributed by atoms with Gasteiger partial charge in [-0.25, -0.2) is 4.98 Å². The maximum absolute atomic E-state index is 10.8. The maximum atomic E-state index is 10.8. The van der Waals surface area contributed by atoms with Gasteiger partial charge in [0.15, 0.2) is 5.06 Å². The summed E-state index contributed by atoms with van der Waals surface area (Å²) >= 11 is 1.33.